The van der Waals surface area contributed by atoms with Gasteiger partial charge in [-0.1, -0.05) is 0 Å². The van der Waals surface area contributed by atoms with Crippen LogP contribution in [0.25, 0.3) is 11.5 Å². The number of nitrogens with two attached hydrogens (primary N) is 1. The van der Waals surface area contributed by atoms with Crippen LogP contribution in [0.1, 0.15) is 0 Å². The molecule has 3 N–H and O–H groups in total. The summed E-state index contributed by atoms with van der Waals surface area (Å²) in [6.07, 6.45) is 0.603. The van der Waals surface area contributed by atoms with Gasteiger partial charge in [0, 0.05) is 24.9 Å². The minimum Gasteiger partial charge on any atom is -0.423 e. The van der Waals surface area contributed by atoms with Crippen molar-refractivity contribution >= 4 is 11.6 Å². The lowest BCUT2D eigenvalue weighted by Crippen LogP contribution is -2.35. The molecular weight excluding hydrogens is 248 g/mol. The summed E-state index contributed by atoms with van der Waals surface area (Å²) in [6, 6.07) is 7.02. The Kier molecular flexibility index (Phi) is 4.22. The van der Waals surface area contributed by atoms with E-state index in [1.165, 1.54) is 13.5 Å². The van der Waals surface area contributed by atoms with E-state index in [1.807, 2.05) is 0 Å². The van der Waals surface area contributed by atoms with Crippen LogP contribution in [0.4, 0.5) is 5.69 Å². The maximum atomic E-state index is 11.7. The van der Waals surface area contributed by atoms with Crippen molar-refractivity contribution in [2.45, 2.75) is 6.10 Å². The fourth-order valence-corrected chi connectivity index (χ4v) is 1.53. The van der Waals surface area contributed by atoms with Crippen molar-refractivity contribution in [3.05, 3.63) is 30.7 Å². The number of methoxy groups -OCH3 is 1. The summed E-state index contributed by atoms with van der Waals surface area (Å²) >= 11 is 0. The third-order valence-electron chi connectivity index (χ3n) is 2.55. The van der Waals surface area contributed by atoms with Gasteiger partial charge in [-0.15, -0.1) is 10.2 Å². The molecule has 100 valence electrons. The van der Waals surface area contributed by atoms with Crippen molar-refractivity contribution in [2.75, 3.05) is 19.0 Å². The van der Waals surface area contributed by atoms with Crippen LogP contribution in [0.2, 0.25) is 0 Å². The van der Waals surface area contributed by atoms with Crippen molar-refractivity contribution in [1.82, 2.24) is 10.2 Å². The second-order valence-electron chi connectivity index (χ2n) is 3.77. The summed E-state index contributed by atoms with van der Waals surface area (Å²) in [5.74, 6) is 0.144. The van der Waals surface area contributed by atoms with E-state index in [0.29, 0.717) is 11.6 Å². The number of anilines is 1. The number of amides is 1. The van der Waals surface area contributed by atoms with Gasteiger partial charge in [0.15, 0.2) is 0 Å². The molecule has 1 atom stereocenters. The van der Waals surface area contributed by atoms with Crippen LogP contribution in [0, 0.1) is 0 Å². The van der Waals surface area contributed by atoms with Gasteiger partial charge in [0.2, 0.25) is 12.3 Å². The normalized spacial score (nSPS) is 12.1. The van der Waals surface area contributed by atoms with E-state index in [-0.39, 0.29) is 12.5 Å². The van der Waals surface area contributed by atoms with Crippen molar-refractivity contribution in [1.29, 1.82) is 0 Å². The summed E-state index contributed by atoms with van der Waals surface area (Å²) in [4.78, 5) is 11.7. The van der Waals surface area contributed by atoms with E-state index in [1.54, 1.807) is 24.3 Å². The van der Waals surface area contributed by atoms with Gasteiger partial charge < -0.3 is 20.2 Å². The third kappa shape index (κ3) is 3.15. The molecule has 7 nitrogen and oxygen atoms in total. The first-order valence-corrected chi connectivity index (χ1v) is 5.65. The number of hydrogen-bond acceptors (Lipinski definition) is 6. The molecule has 0 saturated carbocycles. The number of rotatable bonds is 5. The molecular formula is C12H14N4O3. The van der Waals surface area contributed by atoms with Gasteiger partial charge in [-0.25, -0.2) is 0 Å². The van der Waals surface area contributed by atoms with Crippen molar-refractivity contribution in [3.8, 4) is 11.5 Å². The minimum absolute atomic E-state index is 0.127. The van der Waals surface area contributed by atoms with Crippen LogP contribution in [0.5, 0.6) is 0 Å². The number of hydrogen-bond donors (Lipinski definition) is 2. The largest absolute Gasteiger partial charge is 0.423 e. The molecule has 7 heteroatoms. The molecule has 0 spiro atoms. The summed E-state index contributed by atoms with van der Waals surface area (Å²) in [5.41, 5.74) is 6.83. The standard InChI is InChI=1S/C12H14N4O3/c1-18-10(6-13)11(17)15-9-4-2-8(3-5-9)12-16-14-7-19-12/h2-5,7,10H,6,13H2,1H3,(H,15,17). The Hall–Kier alpha value is -2.25. The molecule has 0 radical (unpaired) electrons. The van der Waals surface area contributed by atoms with Crippen LogP contribution >= 0.6 is 0 Å². The number of ether oxygens (including phenoxy) is 1. The quantitative estimate of drug-likeness (QED) is 0.820. The average Bonchev–Trinajstić information content (AvgIpc) is 2.95. The molecule has 0 fully saturated rings. The molecule has 0 aliphatic carbocycles. The highest BCUT2D eigenvalue weighted by Gasteiger charge is 2.15. The molecule has 19 heavy (non-hydrogen) atoms. The molecule has 0 saturated heterocycles. The summed E-state index contributed by atoms with van der Waals surface area (Å²) in [6.45, 7) is 0.127. The molecule has 0 bridgehead atoms. The average molecular weight is 262 g/mol. The van der Waals surface area contributed by atoms with Crippen LogP contribution in [-0.4, -0.2) is 35.9 Å². The highest BCUT2D eigenvalue weighted by Crippen LogP contribution is 2.18. The van der Waals surface area contributed by atoms with E-state index >= 15 is 0 Å². The fraction of sp³-hybridized carbons (Fsp3) is 0.250. The number of carbonyl (C=O) groups excluding carboxylic acids is 1. The van der Waals surface area contributed by atoms with E-state index in [2.05, 4.69) is 15.5 Å². The third-order valence-corrected chi connectivity index (χ3v) is 2.55. The van der Waals surface area contributed by atoms with E-state index in [9.17, 15) is 4.79 Å². The molecule has 1 amide bonds. The Morgan fingerprint density at radius 3 is 2.74 bits per heavy atom. The molecule has 1 aromatic carbocycles. The van der Waals surface area contributed by atoms with Gasteiger partial charge in [0.1, 0.15) is 6.10 Å². The number of aromatic nitrogens is 2. The van der Waals surface area contributed by atoms with Crippen LogP contribution in [-0.2, 0) is 9.53 Å². The molecule has 0 aliphatic heterocycles. The second kappa shape index (κ2) is 6.07. The lowest BCUT2D eigenvalue weighted by atomic mass is 10.2. The Morgan fingerprint density at radius 2 is 2.21 bits per heavy atom. The van der Waals surface area contributed by atoms with Gasteiger partial charge in [-0.2, -0.15) is 0 Å². The minimum atomic E-state index is -0.657. The first-order valence-electron chi connectivity index (χ1n) is 5.65. The van der Waals surface area contributed by atoms with E-state index < -0.39 is 6.10 Å². The van der Waals surface area contributed by atoms with Gasteiger partial charge >= 0.3 is 0 Å². The van der Waals surface area contributed by atoms with E-state index in [4.69, 9.17) is 14.9 Å². The topological polar surface area (TPSA) is 103 Å². The maximum absolute atomic E-state index is 11.7. The Morgan fingerprint density at radius 1 is 1.47 bits per heavy atom. The number of carbonyl (C=O) groups is 1. The Labute approximate surface area is 109 Å². The molecule has 2 aromatic rings. The zero-order valence-electron chi connectivity index (χ0n) is 10.4. The van der Waals surface area contributed by atoms with Gasteiger partial charge in [0.25, 0.3) is 5.91 Å². The summed E-state index contributed by atoms with van der Waals surface area (Å²) in [5, 5.41) is 10.1. The molecule has 1 heterocycles. The molecule has 1 aromatic heterocycles. The van der Waals surface area contributed by atoms with Crippen molar-refractivity contribution in [3.63, 3.8) is 0 Å². The van der Waals surface area contributed by atoms with Crippen molar-refractivity contribution < 1.29 is 13.9 Å². The number of nitrogens with one attached hydrogen (secondary N) is 1. The second-order valence-corrected chi connectivity index (χ2v) is 3.77. The smallest absolute Gasteiger partial charge is 0.254 e. The zero-order valence-corrected chi connectivity index (χ0v) is 10.4. The zero-order chi connectivity index (χ0) is 13.7. The lowest BCUT2D eigenvalue weighted by molar-refractivity contribution is -0.125. The lowest BCUT2D eigenvalue weighted by Gasteiger charge is -2.13. The summed E-state index contributed by atoms with van der Waals surface area (Å²) in [7, 11) is 1.44. The predicted molar refractivity (Wildman–Crippen MR) is 68.2 cm³/mol. The van der Waals surface area contributed by atoms with Gasteiger partial charge in [-0.3, -0.25) is 4.79 Å². The first kappa shape index (κ1) is 13.2. The molecule has 2 rings (SSSR count). The van der Waals surface area contributed by atoms with Crippen molar-refractivity contribution in [2.24, 2.45) is 5.73 Å². The number of nitrogens with zero attached hydrogens (tertiary/aromatic N) is 2. The maximum Gasteiger partial charge on any atom is 0.254 e. The fourth-order valence-electron chi connectivity index (χ4n) is 1.53. The number of benzene rings is 1. The predicted octanol–water partition coefficient (Wildman–Crippen LogP) is 0.649. The van der Waals surface area contributed by atoms with Gasteiger partial charge in [0.05, 0.1) is 0 Å². The van der Waals surface area contributed by atoms with Crippen LogP contribution in [0.15, 0.2) is 35.1 Å². The van der Waals surface area contributed by atoms with E-state index in [0.717, 1.165) is 5.56 Å². The highest BCUT2D eigenvalue weighted by atomic mass is 16.5. The SMILES string of the molecule is COC(CN)C(=O)Nc1ccc(-c2nnco2)cc1. The Bertz CT molecular complexity index is 520. The highest BCUT2D eigenvalue weighted by molar-refractivity contribution is 5.94. The monoisotopic (exact) mass is 262 g/mol. The summed E-state index contributed by atoms with van der Waals surface area (Å²) < 4.78 is 10.0. The first-order chi connectivity index (χ1) is 9.24. The Balaban J connectivity index is 2.05. The van der Waals surface area contributed by atoms with Crippen LogP contribution in [0.3, 0.4) is 0 Å². The molecule has 1 unspecified atom stereocenters. The van der Waals surface area contributed by atoms with Crippen LogP contribution < -0.4 is 11.1 Å². The molecule has 0 aliphatic rings. The van der Waals surface area contributed by atoms with Gasteiger partial charge in [-0.05, 0) is 24.3 Å².